The van der Waals surface area contributed by atoms with Gasteiger partial charge in [-0.25, -0.2) is 10.1 Å². The number of piperidine rings is 1. The van der Waals surface area contributed by atoms with Crippen molar-refractivity contribution in [1.29, 1.82) is 0 Å². The summed E-state index contributed by atoms with van der Waals surface area (Å²) >= 11 is 6.47. The highest BCUT2D eigenvalue weighted by molar-refractivity contribution is 7.71. The van der Waals surface area contributed by atoms with Crippen molar-refractivity contribution in [3.63, 3.8) is 0 Å². The fourth-order valence-electron chi connectivity index (χ4n) is 2.05. The summed E-state index contributed by atoms with van der Waals surface area (Å²) < 4.78 is 5.29. The van der Waals surface area contributed by atoms with Crippen LogP contribution in [0.4, 0.5) is 5.13 Å². The molecule has 2 aromatic rings. The van der Waals surface area contributed by atoms with Crippen LogP contribution in [0.15, 0.2) is 10.6 Å². The molecule has 0 aromatic carbocycles. The summed E-state index contributed by atoms with van der Waals surface area (Å²) in [5.74, 6) is 1.35. The molecule has 1 aliphatic heterocycles. The highest BCUT2D eigenvalue weighted by atomic mass is 32.1. The van der Waals surface area contributed by atoms with Gasteiger partial charge in [-0.15, -0.1) is 5.10 Å². The number of aromatic amines is 1. The molecule has 18 heavy (non-hydrogen) atoms. The van der Waals surface area contributed by atoms with Crippen molar-refractivity contribution >= 4 is 28.7 Å². The van der Waals surface area contributed by atoms with Gasteiger partial charge in [0.1, 0.15) is 4.88 Å². The van der Waals surface area contributed by atoms with Crippen LogP contribution >= 0.6 is 23.6 Å². The molecule has 1 fully saturated rings. The minimum Gasteiger partial charge on any atom is -0.408 e. The van der Waals surface area contributed by atoms with Crippen LogP contribution in [0.25, 0.3) is 10.8 Å². The summed E-state index contributed by atoms with van der Waals surface area (Å²) in [7, 11) is 0. The van der Waals surface area contributed by atoms with E-state index < -0.39 is 0 Å². The highest BCUT2D eigenvalue weighted by Crippen LogP contribution is 2.32. The molecule has 1 N–H and O–H groups in total. The molecule has 1 saturated heterocycles. The van der Waals surface area contributed by atoms with Gasteiger partial charge in [0, 0.05) is 13.1 Å². The molecule has 2 aromatic heterocycles. The number of nitrogens with zero attached hydrogens (tertiary/aromatic N) is 3. The first-order valence-electron chi connectivity index (χ1n) is 5.99. The second-order valence-corrected chi connectivity index (χ2v) is 5.97. The Morgan fingerprint density at radius 1 is 1.50 bits per heavy atom. The molecule has 7 heteroatoms. The maximum Gasteiger partial charge on any atom is 0.284 e. The average Bonchev–Trinajstić information content (AvgIpc) is 2.98. The first kappa shape index (κ1) is 11.9. The van der Waals surface area contributed by atoms with E-state index in [9.17, 15) is 0 Å². The van der Waals surface area contributed by atoms with E-state index >= 15 is 0 Å². The summed E-state index contributed by atoms with van der Waals surface area (Å²) in [6.45, 7) is 4.47. The van der Waals surface area contributed by atoms with Gasteiger partial charge in [-0.2, -0.15) is 0 Å². The Bertz CT molecular complexity index is 580. The largest absolute Gasteiger partial charge is 0.408 e. The van der Waals surface area contributed by atoms with Crippen molar-refractivity contribution < 1.29 is 4.42 Å². The Labute approximate surface area is 114 Å². The van der Waals surface area contributed by atoms with Crippen LogP contribution in [-0.4, -0.2) is 28.3 Å². The lowest BCUT2D eigenvalue weighted by Crippen LogP contribution is -2.32. The summed E-state index contributed by atoms with van der Waals surface area (Å²) in [5, 5.41) is 7.68. The lowest BCUT2D eigenvalue weighted by molar-refractivity contribution is 0.438. The molecule has 3 rings (SSSR count). The number of hydrogen-bond donors (Lipinski definition) is 1. The molecule has 3 heterocycles. The smallest absolute Gasteiger partial charge is 0.284 e. The highest BCUT2D eigenvalue weighted by Gasteiger charge is 2.19. The van der Waals surface area contributed by atoms with Crippen LogP contribution in [0.3, 0.4) is 0 Å². The summed E-state index contributed by atoms with van der Waals surface area (Å²) in [6.07, 6.45) is 4.27. The maximum atomic E-state index is 5.29. The minimum absolute atomic E-state index is 0.298. The van der Waals surface area contributed by atoms with Gasteiger partial charge >= 0.3 is 0 Å². The van der Waals surface area contributed by atoms with E-state index in [1.807, 2.05) is 0 Å². The molecule has 0 saturated carbocycles. The van der Waals surface area contributed by atoms with E-state index in [1.165, 1.54) is 12.8 Å². The van der Waals surface area contributed by atoms with E-state index in [0.29, 0.717) is 10.7 Å². The van der Waals surface area contributed by atoms with Crippen LogP contribution in [0, 0.1) is 10.8 Å². The van der Waals surface area contributed by atoms with Gasteiger partial charge in [0.05, 0.1) is 6.20 Å². The first-order valence-corrected chi connectivity index (χ1v) is 7.21. The summed E-state index contributed by atoms with van der Waals surface area (Å²) in [5.41, 5.74) is 0. The fraction of sp³-hybridized carbons (Fsp3) is 0.545. The van der Waals surface area contributed by atoms with Crippen LogP contribution in [0.1, 0.15) is 19.8 Å². The second-order valence-electron chi connectivity index (χ2n) is 4.59. The van der Waals surface area contributed by atoms with E-state index in [1.54, 1.807) is 17.5 Å². The number of aromatic nitrogens is 3. The van der Waals surface area contributed by atoms with Gasteiger partial charge in [-0.05, 0) is 31.0 Å². The van der Waals surface area contributed by atoms with Crippen LogP contribution < -0.4 is 4.90 Å². The van der Waals surface area contributed by atoms with Crippen LogP contribution in [-0.2, 0) is 0 Å². The van der Waals surface area contributed by atoms with E-state index in [0.717, 1.165) is 29.0 Å². The Hall–Kier alpha value is -1.21. The van der Waals surface area contributed by atoms with Gasteiger partial charge < -0.3 is 9.32 Å². The summed E-state index contributed by atoms with van der Waals surface area (Å²) in [4.78, 5) is 7.99. The number of hydrogen-bond acceptors (Lipinski definition) is 6. The van der Waals surface area contributed by atoms with Gasteiger partial charge in [0.15, 0.2) is 5.13 Å². The standard InChI is InChI=1S/C11H14N4OS2/c1-7-2-4-15(5-3-7)10-12-6-8(18-10)9-13-14-11(17)16-9/h6-7H,2-5H2,1H3,(H,14,17). The maximum absolute atomic E-state index is 5.29. The molecule has 0 unspecified atom stereocenters. The molecule has 0 bridgehead atoms. The molecule has 0 atom stereocenters. The van der Waals surface area contributed by atoms with Crippen molar-refractivity contribution in [2.45, 2.75) is 19.8 Å². The second kappa shape index (κ2) is 4.81. The third kappa shape index (κ3) is 2.32. The SMILES string of the molecule is CC1CCN(c2ncc(-c3n[nH]c(=S)o3)s2)CC1. The zero-order valence-corrected chi connectivity index (χ0v) is 11.7. The Morgan fingerprint density at radius 2 is 2.28 bits per heavy atom. The number of thiazole rings is 1. The molecule has 96 valence electrons. The zero-order valence-electron chi connectivity index (χ0n) is 10.0. The number of nitrogens with one attached hydrogen (secondary N) is 1. The van der Waals surface area contributed by atoms with E-state index in [2.05, 4.69) is 27.0 Å². The third-order valence-corrected chi connectivity index (χ3v) is 4.42. The predicted octanol–water partition coefficient (Wildman–Crippen LogP) is 3.09. The number of rotatable bonds is 2. The Morgan fingerprint density at radius 3 is 2.94 bits per heavy atom. The zero-order chi connectivity index (χ0) is 12.5. The van der Waals surface area contributed by atoms with Crippen molar-refractivity contribution in [3.8, 4) is 10.8 Å². The molecule has 0 radical (unpaired) electrons. The average molecular weight is 282 g/mol. The van der Waals surface area contributed by atoms with Crippen LogP contribution in [0.5, 0.6) is 0 Å². The Kier molecular flexibility index (Phi) is 3.17. The van der Waals surface area contributed by atoms with Crippen molar-refractivity contribution in [1.82, 2.24) is 15.2 Å². The van der Waals surface area contributed by atoms with Gasteiger partial charge in [-0.1, -0.05) is 18.3 Å². The van der Waals surface area contributed by atoms with E-state index in [4.69, 9.17) is 16.6 Å². The van der Waals surface area contributed by atoms with Gasteiger partial charge in [0.25, 0.3) is 10.7 Å². The monoisotopic (exact) mass is 282 g/mol. The number of H-pyrrole nitrogens is 1. The normalized spacial score (nSPS) is 17.3. The lowest BCUT2D eigenvalue weighted by atomic mass is 10.00. The van der Waals surface area contributed by atoms with Gasteiger partial charge in [-0.3, -0.25) is 0 Å². The predicted molar refractivity (Wildman–Crippen MR) is 73.4 cm³/mol. The van der Waals surface area contributed by atoms with Gasteiger partial charge in [0.2, 0.25) is 0 Å². The first-order chi connectivity index (χ1) is 8.72. The molecule has 0 amide bonds. The molecule has 5 nitrogen and oxygen atoms in total. The Balaban J connectivity index is 1.79. The molecule has 1 aliphatic rings. The minimum atomic E-state index is 0.298. The van der Waals surface area contributed by atoms with Crippen LogP contribution in [0.2, 0.25) is 0 Å². The quantitative estimate of drug-likeness (QED) is 0.858. The fourth-order valence-corrected chi connectivity index (χ4v) is 3.06. The number of anilines is 1. The molecular weight excluding hydrogens is 268 g/mol. The lowest BCUT2D eigenvalue weighted by Gasteiger charge is -2.29. The molecular formula is C11H14N4OS2. The van der Waals surface area contributed by atoms with Crippen molar-refractivity contribution in [2.75, 3.05) is 18.0 Å². The van der Waals surface area contributed by atoms with Crippen molar-refractivity contribution in [2.24, 2.45) is 5.92 Å². The topological polar surface area (TPSA) is 58.0 Å². The summed E-state index contributed by atoms with van der Waals surface area (Å²) in [6, 6.07) is 0. The van der Waals surface area contributed by atoms with Crippen molar-refractivity contribution in [3.05, 3.63) is 11.0 Å². The van der Waals surface area contributed by atoms with E-state index in [-0.39, 0.29) is 0 Å². The third-order valence-electron chi connectivity index (χ3n) is 3.20. The molecule has 0 aliphatic carbocycles. The molecule has 0 spiro atoms.